The molecule has 1 unspecified atom stereocenters. The number of hydrogen-bond donors (Lipinski definition) is 1. The highest BCUT2D eigenvalue weighted by atomic mass is 16.5. The molecule has 0 bridgehead atoms. The Bertz CT molecular complexity index is 614. The van der Waals surface area contributed by atoms with Gasteiger partial charge in [0.2, 0.25) is 5.91 Å². The number of piperidine rings is 2. The lowest BCUT2D eigenvalue weighted by Crippen LogP contribution is -2.41. The van der Waals surface area contributed by atoms with E-state index >= 15 is 0 Å². The summed E-state index contributed by atoms with van der Waals surface area (Å²) >= 11 is 0. The van der Waals surface area contributed by atoms with Gasteiger partial charge < -0.3 is 15.0 Å². The fourth-order valence-corrected chi connectivity index (χ4v) is 5.00. The molecule has 1 aromatic carbocycles. The molecule has 1 aliphatic carbocycles. The molecule has 1 spiro atoms. The average Bonchev–Trinajstić information content (AvgIpc) is 3.39. The topological polar surface area (TPSA) is 41.6 Å². The number of carbonyl (C=O) groups excluding carboxylic acids is 1. The Morgan fingerprint density at radius 1 is 1.19 bits per heavy atom. The van der Waals surface area contributed by atoms with Crippen molar-refractivity contribution in [2.45, 2.75) is 44.9 Å². The third-order valence-corrected chi connectivity index (χ3v) is 7.01. The molecule has 1 amide bonds. The first-order valence-electron chi connectivity index (χ1n) is 10.3. The first-order valence-corrected chi connectivity index (χ1v) is 10.3. The zero-order valence-electron chi connectivity index (χ0n) is 16.0. The van der Waals surface area contributed by atoms with E-state index in [0.29, 0.717) is 17.2 Å². The van der Waals surface area contributed by atoms with Gasteiger partial charge in [0.15, 0.2) is 0 Å². The molecule has 1 saturated carbocycles. The molecule has 2 saturated heterocycles. The van der Waals surface area contributed by atoms with Crippen LogP contribution in [0, 0.1) is 17.3 Å². The maximum Gasteiger partial charge on any atom is 0.226 e. The third-order valence-electron chi connectivity index (χ3n) is 7.01. The number of methoxy groups -OCH3 is 1. The molecule has 26 heavy (non-hydrogen) atoms. The van der Waals surface area contributed by atoms with Crippen molar-refractivity contribution < 1.29 is 9.53 Å². The maximum absolute atomic E-state index is 12.9. The lowest BCUT2D eigenvalue weighted by molar-refractivity contribution is -0.135. The summed E-state index contributed by atoms with van der Waals surface area (Å²) < 4.78 is 5.22. The van der Waals surface area contributed by atoms with Crippen molar-refractivity contribution in [2.75, 3.05) is 33.3 Å². The van der Waals surface area contributed by atoms with E-state index in [1.165, 1.54) is 37.7 Å². The summed E-state index contributed by atoms with van der Waals surface area (Å²) in [7, 11) is 1.71. The van der Waals surface area contributed by atoms with Gasteiger partial charge in [0, 0.05) is 19.0 Å². The van der Waals surface area contributed by atoms with Crippen molar-refractivity contribution >= 4 is 5.91 Å². The van der Waals surface area contributed by atoms with Gasteiger partial charge in [-0.05, 0) is 87.1 Å². The van der Waals surface area contributed by atoms with Gasteiger partial charge >= 0.3 is 0 Å². The van der Waals surface area contributed by atoms with Gasteiger partial charge in [0.05, 0.1) is 7.11 Å². The van der Waals surface area contributed by atoms with E-state index < -0.39 is 0 Å². The predicted octanol–water partition coefficient (Wildman–Crippen LogP) is 3.26. The summed E-state index contributed by atoms with van der Waals surface area (Å²) in [5, 5.41) is 3.43. The van der Waals surface area contributed by atoms with Crippen LogP contribution >= 0.6 is 0 Å². The minimum Gasteiger partial charge on any atom is -0.497 e. The van der Waals surface area contributed by atoms with Crippen LogP contribution in [0.2, 0.25) is 0 Å². The van der Waals surface area contributed by atoms with Crippen molar-refractivity contribution in [3.05, 3.63) is 29.8 Å². The average molecular weight is 357 g/mol. The highest BCUT2D eigenvalue weighted by Crippen LogP contribution is 2.59. The van der Waals surface area contributed by atoms with Crippen molar-refractivity contribution in [3.8, 4) is 5.75 Å². The van der Waals surface area contributed by atoms with E-state index in [2.05, 4.69) is 22.3 Å². The van der Waals surface area contributed by atoms with E-state index in [1.54, 1.807) is 7.11 Å². The van der Waals surface area contributed by atoms with Gasteiger partial charge in [-0.15, -0.1) is 0 Å². The summed E-state index contributed by atoms with van der Waals surface area (Å²) in [6.07, 6.45) is 8.23. The van der Waals surface area contributed by atoms with E-state index in [4.69, 9.17) is 4.74 Å². The Morgan fingerprint density at radius 2 is 1.88 bits per heavy atom. The fourth-order valence-electron chi connectivity index (χ4n) is 5.00. The molecule has 0 radical (unpaired) electrons. The normalized spacial score (nSPS) is 25.3. The van der Waals surface area contributed by atoms with Crippen LogP contribution < -0.4 is 10.1 Å². The molecular weight excluding hydrogens is 324 g/mol. The summed E-state index contributed by atoms with van der Waals surface area (Å²) in [5.74, 6) is 2.47. The number of carbonyl (C=O) groups is 1. The Labute approximate surface area is 157 Å². The van der Waals surface area contributed by atoms with Gasteiger partial charge in [-0.3, -0.25) is 4.79 Å². The summed E-state index contributed by atoms with van der Waals surface area (Å²) in [4.78, 5) is 15.0. The van der Waals surface area contributed by atoms with Crippen LogP contribution in [0.3, 0.4) is 0 Å². The minimum atomic E-state index is 0.334. The zero-order valence-corrected chi connectivity index (χ0v) is 16.0. The SMILES string of the molecule is COc1ccc(CCC2CCN(C(=O)C3CC34CCNCC4)CC2)cc1. The molecule has 4 heteroatoms. The van der Waals surface area contributed by atoms with Crippen molar-refractivity contribution in [1.82, 2.24) is 10.2 Å². The molecule has 3 aliphatic rings. The van der Waals surface area contributed by atoms with Gasteiger partial charge in [-0.2, -0.15) is 0 Å². The van der Waals surface area contributed by atoms with Crippen LogP contribution in [0.25, 0.3) is 0 Å². The predicted molar refractivity (Wildman–Crippen MR) is 103 cm³/mol. The monoisotopic (exact) mass is 356 g/mol. The van der Waals surface area contributed by atoms with Crippen LogP contribution in [-0.2, 0) is 11.2 Å². The summed E-state index contributed by atoms with van der Waals surface area (Å²) in [6, 6.07) is 8.43. The Balaban J connectivity index is 1.21. The molecule has 2 heterocycles. The second-order valence-corrected chi connectivity index (χ2v) is 8.52. The third kappa shape index (κ3) is 3.75. The number of nitrogens with one attached hydrogen (secondary N) is 1. The van der Waals surface area contributed by atoms with E-state index in [0.717, 1.165) is 50.7 Å². The highest BCUT2D eigenvalue weighted by Gasteiger charge is 2.58. The van der Waals surface area contributed by atoms with Gasteiger partial charge in [0.1, 0.15) is 5.75 Å². The number of benzene rings is 1. The number of aryl methyl sites for hydroxylation is 1. The van der Waals surface area contributed by atoms with Gasteiger partial charge in [-0.25, -0.2) is 0 Å². The summed E-state index contributed by atoms with van der Waals surface area (Å²) in [6.45, 7) is 4.13. The standard InChI is InChI=1S/C22H32N2O2/c1-26-19-6-4-17(5-7-19)2-3-18-8-14-24(15-9-18)21(25)20-16-22(20)10-12-23-13-11-22/h4-7,18,20,23H,2-3,8-16H2,1H3. The minimum absolute atomic E-state index is 0.334. The first-order chi connectivity index (χ1) is 12.7. The van der Waals surface area contributed by atoms with Crippen LogP contribution in [0.1, 0.15) is 44.1 Å². The van der Waals surface area contributed by atoms with Gasteiger partial charge in [-0.1, -0.05) is 12.1 Å². The number of hydrogen-bond acceptors (Lipinski definition) is 3. The van der Waals surface area contributed by atoms with Gasteiger partial charge in [0.25, 0.3) is 0 Å². The Kier molecular flexibility index (Phi) is 5.21. The second-order valence-electron chi connectivity index (χ2n) is 8.52. The number of nitrogens with zero attached hydrogens (tertiary/aromatic N) is 1. The van der Waals surface area contributed by atoms with Crippen LogP contribution in [-0.4, -0.2) is 44.1 Å². The van der Waals surface area contributed by atoms with Crippen molar-refractivity contribution in [3.63, 3.8) is 0 Å². The molecule has 0 aromatic heterocycles. The molecule has 3 fully saturated rings. The Hall–Kier alpha value is -1.55. The van der Waals surface area contributed by atoms with Crippen molar-refractivity contribution in [1.29, 1.82) is 0 Å². The fraction of sp³-hybridized carbons (Fsp3) is 0.682. The van der Waals surface area contributed by atoms with Crippen LogP contribution in [0.5, 0.6) is 5.75 Å². The molecular formula is C22H32N2O2. The molecule has 1 aromatic rings. The van der Waals surface area contributed by atoms with Crippen LogP contribution in [0.4, 0.5) is 0 Å². The lowest BCUT2D eigenvalue weighted by Gasteiger charge is -2.33. The molecule has 1 N–H and O–H groups in total. The number of rotatable bonds is 5. The quantitative estimate of drug-likeness (QED) is 0.880. The second kappa shape index (κ2) is 7.59. The van der Waals surface area contributed by atoms with Crippen LogP contribution in [0.15, 0.2) is 24.3 Å². The van der Waals surface area contributed by atoms with E-state index in [9.17, 15) is 4.79 Å². The molecule has 4 rings (SSSR count). The molecule has 2 aliphatic heterocycles. The van der Waals surface area contributed by atoms with Crippen molar-refractivity contribution in [2.24, 2.45) is 17.3 Å². The summed E-state index contributed by atoms with van der Waals surface area (Å²) in [5.41, 5.74) is 1.75. The van der Waals surface area contributed by atoms with E-state index in [-0.39, 0.29) is 0 Å². The largest absolute Gasteiger partial charge is 0.497 e. The molecule has 4 nitrogen and oxygen atoms in total. The number of amides is 1. The van der Waals surface area contributed by atoms with E-state index in [1.807, 2.05) is 12.1 Å². The maximum atomic E-state index is 12.9. The molecule has 142 valence electrons. The highest BCUT2D eigenvalue weighted by molar-refractivity contribution is 5.82. The molecule has 1 atom stereocenters. The Morgan fingerprint density at radius 3 is 2.54 bits per heavy atom. The number of ether oxygens (including phenoxy) is 1. The lowest BCUT2D eigenvalue weighted by atomic mass is 9.89. The number of likely N-dealkylation sites (tertiary alicyclic amines) is 1. The first kappa shape index (κ1) is 17.8. The zero-order chi connectivity index (χ0) is 18.0. The smallest absolute Gasteiger partial charge is 0.226 e.